The molecule has 1 aliphatic heterocycles. The maximum atomic E-state index is 9.55. The van der Waals surface area contributed by atoms with Gasteiger partial charge < -0.3 is 9.64 Å². The van der Waals surface area contributed by atoms with Crippen LogP contribution in [0, 0.1) is 11.3 Å². The molecule has 6 heteroatoms. The second-order valence-corrected chi connectivity index (χ2v) is 6.11. The SMILES string of the molecule is CCOc1ccccc1-n1nc(C#N)c(N2CCc3ccccc3C2)n1. The molecule has 130 valence electrons. The van der Waals surface area contributed by atoms with Crippen LogP contribution in [-0.4, -0.2) is 28.1 Å². The molecule has 1 aliphatic rings. The summed E-state index contributed by atoms with van der Waals surface area (Å²) in [6, 6.07) is 18.2. The smallest absolute Gasteiger partial charge is 0.207 e. The number of rotatable bonds is 4. The zero-order valence-electron chi connectivity index (χ0n) is 14.6. The Morgan fingerprint density at radius 1 is 1.08 bits per heavy atom. The largest absolute Gasteiger partial charge is 0.492 e. The molecule has 6 nitrogen and oxygen atoms in total. The summed E-state index contributed by atoms with van der Waals surface area (Å²) in [6.07, 6.45) is 0.934. The van der Waals surface area contributed by atoms with Gasteiger partial charge in [0.2, 0.25) is 5.69 Å². The van der Waals surface area contributed by atoms with E-state index in [0.29, 0.717) is 23.9 Å². The lowest BCUT2D eigenvalue weighted by atomic mass is 10.00. The first-order valence-electron chi connectivity index (χ1n) is 8.71. The van der Waals surface area contributed by atoms with Crippen LogP contribution in [0.2, 0.25) is 0 Å². The van der Waals surface area contributed by atoms with Crippen LogP contribution >= 0.6 is 0 Å². The first-order valence-corrected chi connectivity index (χ1v) is 8.71. The minimum absolute atomic E-state index is 0.329. The number of ether oxygens (including phenoxy) is 1. The highest BCUT2D eigenvalue weighted by molar-refractivity contribution is 5.54. The summed E-state index contributed by atoms with van der Waals surface area (Å²) in [5.41, 5.74) is 3.69. The molecule has 4 rings (SSSR count). The molecule has 3 aromatic rings. The molecule has 26 heavy (non-hydrogen) atoms. The lowest BCUT2D eigenvalue weighted by Gasteiger charge is -2.28. The molecule has 0 saturated carbocycles. The van der Waals surface area contributed by atoms with Crippen LogP contribution in [-0.2, 0) is 13.0 Å². The second kappa shape index (κ2) is 6.89. The molecule has 0 atom stereocenters. The molecule has 0 aliphatic carbocycles. The van der Waals surface area contributed by atoms with Crippen molar-refractivity contribution in [2.45, 2.75) is 19.9 Å². The van der Waals surface area contributed by atoms with Gasteiger partial charge in [-0.25, -0.2) is 0 Å². The number of aromatic nitrogens is 3. The van der Waals surface area contributed by atoms with Crippen molar-refractivity contribution in [2.75, 3.05) is 18.1 Å². The van der Waals surface area contributed by atoms with Crippen LogP contribution < -0.4 is 9.64 Å². The maximum Gasteiger partial charge on any atom is 0.207 e. The molecule has 0 N–H and O–H groups in total. The van der Waals surface area contributed by atoms with Gasteiger partial charge in [-0.2, -0.15) is 5.26 Å². The summed E-state index contributed by atoms with van der Waals surface area (Å²) < 4.78 is 5.67. The standard InChI is InChI=1S/C20H19N5O/c1-2-26-19-10-6-5-9-18(19)25-22-17(13-21)20(23-25)24-12-11-15-7-3-4-8-16(15)14-24/h3-10H,2,11-12,14H2,1H3. The summed E-state index contributed by atoms with van der Waals surface area (Å²) in [6.45, 7) is 4.04. The zero-order valence-corrected chi connectivity index (χ0v) is 14.6. The Bertz CT molecular complexity index is 972. The summed E-state index contributed by atoms with van der Waals surface area (Å²) in [5, 5.41) is 18.6. The van der Waals surface area contributed by atoms with Crippen LogP contribution in [0.3, 0.4) is 0 Å². The van der Waals surface area contributed by atoms with Gasteiger partial charge in [-0.1, -0.05) is 36.4 Å². The van der Waals surface area contributed by atoms with Gasteiger partial charge in [0.05, 0.1) is 6.61 Å². The number of nitriles is 1. The maximum absolute atomic E-state index is 9.55. The Hall–Kier alpha value is -3.33. The normalized spacial score (nSPS) is 13.2. The lowest BCUT2D eigenvalue weighted by molar-refractivity contribution is 0.337. The molecular weight excluding hydrogens is 326 g/mol. The average molecular weight is 345 g/mol. The van der Waals surface area contributed by atoms with Gasteiger partial charge in [-0.3, -0.25) is 0 Å². The van der Waals surface area contributed by atoms with Crippen LogP contribution in [0.4, 0.5) is 5.82 Å². The van der Waals surface area contributed by atoms with Crippen LogP contribution in [0.1, 0.15) is 23.7 Å². The minimum atomic E-state index is 0.329. The van der Waals surface area contributed by atoms with Crippen molar-refractivity contribution >= 4 is 5.82 Å². The van der Waals surface area contributed by atoms with Gasteiger partial charge in [0.1, 0.15) is 17.5 Å². The fourth-order valence-electron chi connectivity index (χ4n) is 3.27. The van der Waals surface area contributed by atoms with Crippen LogP contribution in [0.15, 0.2) is 48.5 Å². The van der Waals surface area contributed by atoms with Crippen LogP contribution in [0.25, 0.3) is 5.69 Å². The quantitative estimate of drug-likeness (QED) is 0.727. The highest BCUT2D eigenvalue weighted by Gasteiger charge is 2.23. The van der Waals surface area contributed by atoms with Crippen molar-refractivity contribution in [3.05, 3.63) is 65.4 Å². The molecule has 2 aromatic carbocycles. The first-order chi connectivity index (χ1) is 12.8. The Labute approximate surface area is 152 Å². The van der Waals surface area contributed by atoms with Crippen molar-refractivity contribution in [2.24, 2.45) is 0 Å². The Kier molecular flexibility index (Phi) is 4.28. The van der Waals surface area contributed by atoms with E-state index in [4.69, 9.17) is 4.74 Å². The van der Waals surface area contributed by atoms with E-state index >= 15 is 0 Å². The van der Waals surface area contributed by atoms with E-state index in [9.17, 15) is 5.26 Å². The lowest BCUT2D eigenvalue weighted by Crippen LogP contribution is -2.31. The molecule has 0 fully saturated rings. The molecule has 0 amide bonds. The Morgan fingerprint density at radius 2 is 1.85 bits per heavy atom. The van der Waals surface area contributed by atoms with Crippen molar-refractivity contribution in [1.82, 2.24) is 15.0 Å². The average Bonchev–Trinajstić information content (AvgIpc) is 3.12. The van der Waals surface area contributed by atoms with Gasteiger partial charge in [0.15, 0.2) is 5.82 Å². The predicted octanol–water partition coefficient (Wildman–Crippen LogP) is 3.10. The molecule has 0 unspecified atom stereocenters. The highest BCUT2D eigenvalue weighted by Crippen LogP contribution is 2.27. The Morgan fingerprint density at radius 3 is 2.65 bits per heavy atom. The monoisotopic (exact) mass is 345 g/mol. The van der Waals surface area contributed by atoms with E-state index < -0.39 is 0 Å². The third-order valence-corrected chi connectivity index (χ3v) is 4.51. The van der Waals surface area contributed by atoms with E-state index in [2.05, 4.69) is 39.4 Å². The number of benzene rings is 2. The predicted molar refractivity (Wildman–Crippen MR) is 98.4 cm³/mol. The third kappa shape index (κ3) is 2.88. The van der Waals surface area contributed by atoms with Gasteiger partial charge in [0.25, 0.3) is 0 Å². The first kappa shape index (κ1) is 16.2. The van der Waals surface area contributed by atoms with Crippen molar-refractivity contribution < 1.29 is 4.74 Å². The van der Waals surface area contributed by atoms with Gasteiger partial charge in [-0.15, -0.1) is 15.0 Å². The van der Waals surface area contributed by atoms with Gasteiger partial charge >= 0.3 is 0 Å². The molecule has 1 aromatic heterocycles. The fraction of sp³-hybridized carbons (Fsp3) is 0.250. The van der Waals surface area contributed by atoms with Crippen molar-refractivity contribution in [3.8, 4) is 17.5 Å². The molecule has 0 radical (unpaired) electrons. The van der Waals surface area contributed by atoms with Gasteiger partial charge in [-0.05, 0) is 36.6 Å². The zero-order chi connectivity index (χ0) is 17.9. The Balaban J connectivity index is 1.71. The molecule has 2 heterocycles. The highest BCUT2D eigenvalue weighted by atomic mass is 16.5. The number of anilines is 1. The third-order valence-electron chi connectivity index (χ3n) is 4.51. The number of hydrogen-bond donors (Lipinski definition) is 0. The fourth-order valence-corrected chi connectivity index (χ4v) is 3.27. The van der Waals surface area contributed by atoms with Gasteiger partial charge in [0, 0.05) is 13.1 Å². The molecule has 0 bridgehead atoms. The van der Waals surface area contributed by atoms with Crippen LogP contribution in [0.5, 0.6) is 5.75 Å². The topological polar surface area (TPSA) is 67.0 Å². The summed E-state index contributed by atoms with van der Waals surface area (Å²) in [5.74, 6) is 1.32. The molecule has 0 spiro atoms. The summed E-state index contributed by atoms with van der Waals surface area (Å²) >= 11 is 0. The minimum Gasteiger partial charge on any atom is -0.492 e. The van der Waals surface area contributed by atoms with E-state index in [0.717, 1.165) is 25.2 Å². The summed E-state index contributed by atoms with van der Waals surface area (Å²) in [7, 11) is 0. The molecular formula is C20H19N5O. The van der Waals surface area contributed by atoms with E-state index in [1.165, 1.54) is 15.9 Å². The van der Waals surface area contributed by atoms with E-state index in [-0.39, 0.29) is 0 Å². The summed E-state index contributed by atoms with van der Waals surface area (Å²) in [4.78, 5) is 3.62. The molecule has 0 saturated heterocycles. The number of hydrogen-bond acceptors (Lipinski definition) is 5. The number of para-hydroxylation sites is 2. The van der Waals surface area contributed by atoms with E-state index in [1.807, 2.05) is 37.3 Å². The van der Waals surface area contributed by atoms with Crippen molar-refractivity contribution in [1.29, 1.82) is 5.26 Å². The number of nitrogens with zero attached hydrogens (tertiary/aromatic N) is 5. The number of fused-ring (bicyclic) bond motifs is 1. The second-order valence-electron chi connectivity index (χ2n) is 6.11. The van der Waals surface area contributed by atoms with E-state index in [1.54, 1.807) is 0 Å². The van der Waals surface area contributed by atoms with Crippen molar-refractivity contribution in [3.63, 3.8) is 0 Å².